The van der Waals surface area contributed by atoms with Crippen LogP contribution in [0.15, 0.2) is 76.6 Å². The highest BCUT2D eigenvalue weighted by atomic mass is 32.2. The van der Waals surface area contributed by atoms with Crippen LogP contribution in [0.3, 0.4) is 0 Å². The summed E-state index contributed by atoms with van der Waals surface area (Å²) >= 11 is 2.53. The van der Waals surface area contributed by atoms with Crippen molar-refractivity contribution >= 4 is 45.7 Å². The normalized spacial score (nSPS) is 15.5. The predicted molar refractivity (Wildman–Crippen MR) is 190 cm³/mol. The third kappa shape index (κ3) is 8.79. The van der Waals surface area contributed by atoms with Crippen LogP contribution in [0, 0.1) is 5.82 Å². The number of carbonyl (C=O) groups is 2. The number of thioether (sulfide) groups is 1. The van der Waals surface area contributed by atoms with E-state index in [1.807, 2.05) is 0 Å². The van der Waals surface area contributed by atoms with Crippen molar-refractivity contribution in [2.45, 2.75) is 68.5 Å². The Morgan fingerprint density at radius 1 is 0.898 bits per heavy atom. The van der Waals surface area contributed by atoms with Crippen molar-refractivity contribution in [2.24, 2.45) is 0 Å². The minimum absolute atomic E-state index is 0.0874. The molecule has 12 heteroatoms. The van der Waals surface area contributed by atoms with Gasteiger partial charge in [0.05, 0.1) is 31.9 Å². The minimum atomic E-state index is -1.03. The Kier molecular flexibility index (Phi) is 12.7. The van der Waals surface area contributed by atoms with Gasteiger partial charge in [0.1, 0.15) is 17.3 Å². The number of ketones is 1. The summed E-state index contributed by atoms with van der Waals surface area (Å²) in [5.41, 5.74) is 1.68. The molecule has 4 aromatic rings. The van der Waals surface area contributed by atoms with Gasteiger partial charge in [-0.3, -0.25) is 14.5 Å². The fraction of sp³-hybridized carbons (Fsp3) is 0.351. The molecule has 0 radical (unpaired) electrons. The van der Waals surface area contributed by atoms with Gasteiger partial charge in [0.25, 0.3) is 5.78 Å². The lowest BCUT2D eigenvalue weighted by atomic mass is 9.95. The van der Waals surface area contributed by atoms with E-state index in [2.05, 4.69) is 24.0 Å². The van der Waals surface area contributed by atoms with E-state index < -0.39 is 17.7 Å². The summed E-state index contributed by atoms with van der Waals surface area (Å²) in [6.45, 7) is 5.32. The molecular formula is C37H40FN3O6S2. The Morgan fingerprint density at radius 2 is 1.63 bits per heavy atom. The lowest BCUT2D eigenvalue weighted by Gasteiger charge is -2.23. The quantitative estimate of drug-likeness (QED) is 0.0288. The summed E-state index contributed by atoms with van der Waals surface area (Å²) in [6, 6.07) is 17.1. The number of aliphatic hydroxyl groups excluding tert-OH is 1. The van der Waals surface area contributed by atoms with Crippen LogP contribution in [-0.4, -0.2) is 47.3 Å². The molecule has 1 aromatic heterocycles. The highest BCUT2D eigenvalue weighted by molar-refractivity contribution is 8.00. The average molecular weight is 706 g/mol. The Hall–Kier alpha value is -4.42. The van der Waals surface area contributed by atoms with Crippen LogP contribution in [0.25, 0.3) is 5.76 Å². The van der Waals surface area contributed by atoms with Gasteiger partial charge in [-0.2, -0.15) is 0 Å². The number of unbranched alkanes of at least 4 members (excludes halogenated alkanes) is 4. The van der Waals surface area contributed by atoms with Crippen molar-refractivity contribution in [2.75, 3.05) is 25.2 Å². The summed E-state index contributed by atoms with van der Waals surface area (Å²) in [7, 11) is 1.53. The lowest BCUT2D eigenvalue weighted by Crippen LogP contribution is -2.29. The van der Waals surface area contributed by atoms with E-state index in [1.54, 1.807) is 54.6 Å². The SMILES string of the molecule is CCCCCCOc1ccc([C@@H]2C(=C(O)c3ccc(OCCCC)cc3)C(=O)C(=O)N2c2nnc(SCc3ccc(F)cc3)s2)cc1OC. The van der Waals surface area contributed by atoms with Crippen molar-refractivity contribution in [3.05, 3.63) is 94.8 Å². The third-order valence-electron chi connectivity index (χ3n) is 7.98. The summed E-state index contributed by atoms with van der Waals surface area (Å²) < 4.78 is 31.4. The zero-order valence-corrected chi connectivity index (χ0v) is 29.4. The van der Waals surface area contributed by atoms with E-state index in [0.717, 1.165) is 55.4 Å². The van der Waals surface area contributed by atoms with Gasteiger partial charge >= 0.3 is 5.91 Å². The van der Waals surface area contributed by atoms with Gasteiger partial charge < -0.3 is 19.3 Å². The zero-order chi connectivity index (χ0) is 34.8. The molecular weight excluding hydrogens is 666 g/mol. The molecule has 3 aromatic carbocycles. The molecule has 5 rings (SSSR count). The summed E-state index contributed by atoms with van der Waals surface area (Å²) in [5.74, 6) is -0.222. The molecule has 0 bridgehead atoms. The second-order valence-electron chi connectivity index (χ2n) is 11.5. The predicted octanol–water partition coefficient (Wildman–Crippen LogP) is 8.74. The highest BCUT2D eigenvalue weighted by Crippen LogP contribution is 2.45. The smallest absolute Gasteiger partial charge is 0.301 e. The number of carbonyl (C=O) groups excluding carboxylic acids is 2. The van der Waals surface area contributed by atoms with Gasteiger partial charge in [-0.15, -0.1) is 10.2 Å². The van der Waals surface area contributed by atoms with Crippen LogP contribution in [0.2, 0.25) is 0 Å². The number of aromatic nitrogens is 2. The first-order valence-electron chi connectivity index (χ1n) is 16.4. The molecule has 1 aliphatic heterocycles. The number of amides is 1. The molecule has 2 heterocycles. The Labute approximate surface area is 294 Å². The number of ether oxygens (including phenoxy) is 3. The highest BCUT2D eigenvalue weighted by Gasteiger charge is 2.48. The van der Waals surface area contributed by atoms with Crippen LogP contribution in [0.1, 0.15) is 75.1 Å². The first-order valence-corrected chi connectivity index (χ1v) is 18.2. The molecule has 1 saturated heterocycles. The molecule has 1 fully saturated rings. The zero-order valence-electron chi connectivity index (χ0n) is 27.8. The number of halogens is 1. The van der Waals surface area contributed by atoms with Crippen LogP contribution in [0.5, 0.6) is 17.2 Å². The molecule has 1 atom stereocenters. The van der Waals surface area contributed by atoms with Crippen molar-refractivity contribution in [1.82, 2.24) is 10.2 Å². The maximum absolute atomic E-state index is 13.8. The number of nitrogens with zero attached hydrogens (tertiary/aromatic N) is 3. The summed E-state index contributed by atoms with van der Waals surface area (Å²) in [6.07, 6.45) is 6.12. The molecule has 0 spiro atoms. The van der Waals surface area contributed by atoms with Crippen LogP contribution in [-0.2, 0) is 15.3 Å². The largest absolute Gasteiger partial charge is 0.507 e. The first kappa shape index (κ1) is 35.9. The second kappa shape index (κ2) is 17.3. The summed E-state index contributed by atoms with van der Waals surface area (Å²) in [5, 5.41) is 20.4. The standard InChI is InChI=1S/C37H40FN3O6S2/c1-4-6-8-9-21-47-29-19-14-26(22-30(29)45-3)32-31(33(42)25-12-17-28(18-13-25)46-20-7-5-2)34(43)35(44)41(32)36-39-40-37(49-36)48-23-24-10-15-27(38)16-11-24/h10-19,22,32,42H,4-9,20-21,23H2,1-3H3/t32-/m1/s1. The van der Waals surface area contributed by atoms with E-state index in [4.69, 9.17) is 14.2 Å². The van der Waals surface area contributed by atoms with Gasteiger partial charge in [-0.05, 0) is 72.5 Å². The van der Waals surface area contributed by atoms with Gasteiger partial charge in [0, 0.05) is 11.3 Å². The number of benzene rings is 3. The maximum atomic E-state index is 13.8. The molecule has 9 nitrogen and oxygen atoms in total. The fourth-order valence-corrected chi connectivity index (χ4v) is 7.14. The lowest BCUT2D eigenvalue weighted by molar-refractivity contribution is -0.132. The number of aliphatic hydroxyl groups is 1. The van der Waals surface area contributed by atoms with Crippen LogP contribution in [0.4, 0.5) is 9.52 Å². The topological polar surface area (TPSA) is 111 Å². The van der Waals surface area contributed by atoms with Gasteiger partial charge in [-0.25, -0.2) is 4.39 Å². The third-order valence-corrected chi connectivity index (χ3v) is 10.1. The van der Waals surface area contributed by atoms with Crippen molar-refractivity contribution in [3.63, 3.8) is 0 Å². The van der Waals surface area contributed by atoms with Gasteiger partial charge in [-0.1, -0.05) is 80.8 Å². The van der Waals surface area contributed by atoms with Crippen LogP contribution < -0.4 is 19.1 Å². The molecule has 1 aliphatic rings. The molecule has 0 saturated carbocycles. The number of methoxy groups -OCH3 is 1. The molecule has 49 heavy (non-hydrogen) atoms. The second-order valence-corrected chi connectivity index (χ2v) is 13.7. The number of hydrogen-bond acceptors (Lipinski definition) is 10. The van der Waals surface area contributed by atoms with E-state index in [9.17, 15) is 19.1 Å². The monoisotopic (exact) mass is 705 g/mol. The van der Waals surface area contributed by atoms with Crippen LogP contribution >= 0.6 is 23.1 Å². The molecule has 1 N–H and O–H groups in total. The number of rotatable bonds is 17. The van der Waals surface area contributed by atoms with Crippen molar-refractivity contribution < 1.29 is 33.3 Å². The fourth-order valence-electron chi connectivity index (χ4n) is 5.31. The Balaban J connectivity index is 1.49. The van der Waals surface area contributed by atoms with Gasteiger partial charge in [0.15, 0.2) is 15.8 Å². The average Bonchev–Trinajstić information content (AvgIpc) is 3.69. The van der Waals surface area contributed by atoms with E-state index in [1.165, 1.54) is 35.9 Å². The molecule has 0 unspecified atom stereocenters. The van der Waals surface area contributed by atoms with E-state index in [0.29, 0.717) is 51.7 Å². The Morgan fingerprint density at radius 3 is 2.35 bits per heavy atom. The van der Waals surface area contributed by atoms with Crippen molar-refractivity contribution in [1.29, 1.82) is 0 Å². The first-order chi connectivity index (χ1) is 23.8. The number of anilines is 1. The maximum Gasteiger partial charge on any atom is 0.301 e. The summed E-state index contributed by atoms with van der Waals surface area (Å²) in [4.78, 5) is 28.8. The van der Waals surface area contributed by atoms with E-state index >= 15 is 0 Å². The number of Topliss-reactive ketones (excluding diaryl/α,β-unsaturated/α-hetero) is 1. The number of hydrogen-bond donors (Lipinski definition) is 1. The van der Waals surface area contributed by atoms with Gasteiger partial charge in [0.2, 0.25) is 5.13 Å². The molecule has 0 aliphatic carbocycles. The minimum Gasteiger partial charge on any atom is -0.507 e. The van der Waals surface area contributed by atoms with Crippen molar-refractivity contribution in [3.8, 4) is 17.2 Å². The molecule has 1 amide bonds. The van der Waals surface area contributed by atoms with E-state index in [-0.39, 0.29) is 22.3 Å². The Bertz CT molecular complexity index is 1760. The molecule has 258 valence electrons.